The zero-order valence-corrected chi connectivity index (χ0v) is 10.1. The number of rotatable bonds is 4. The Morgan fingerprint density at radius 2 is 2.06 bits per heavy atom. The molecule has 0 aliphatic rings. The largest absolute Gasteiger partial charge is 0.481 e. The molecule has 1 rings (SSSR count). The number of carbonyl (C=O) groups is 2. The van der Waals surface area contributed by atoms with Crippen molar-refractivity contribution in [1.82, 2.24) is 0 Å². The smallest absolute Gasteiger partial charge is 0.305 e. The molecule has 1 aromatic rings. The number of carboxylic acids is 1. The van der Waals surface area contributed by atoms with E-state index in [1.807, 2.05) is 0 Å². The van der Waals surface area contributed by atoms with Crippen LogP contribution in [0, 0.1) is 0 Å². The van der Waals surface area contributed by atoms with Gasteiger partial charge in [0.15, 0.2) is 0 Å². The van der Waals surface area contributed by atoms with Gasteiger partial charge in [-0.1, -0.05) is 23.2 Å². The van der Waals surface area contributed by atoms with Gasteiger partial charge < -0.3 is 16.2 Å². The van der Waals surface area contributed by atoms with Gasteiger partial charge in [0.25, 0.3) is 0 Å². The predicted molar refractivity (Wildman–Crippen MR) is 65.3 cm³/mol. The lowest BCUT2D eigenvalue weighted by Crippen LogP contribution is -2.37. The Kier molecular flexibility index (Phi) is 4.74. The van der Waals surface area contributed by atoms with Crippen molar-refractivity contribution in [1.29, 1.82) is 0 Å². The summed E-state index contributed by atoms with van der Waals surface area (Å²) in [5.41, 5.74) is 5.72. The molecule has 0 spiro atoms. The van der Waals surface area contributed by atoms with Crippen LogP contribution in [-0.2, 0) is 9.59 Å². The number of amides is 1. The number of aliphatic carboxylic acids is 1. The second kappa shape index (κ2) is 5.86. The van der Waals surface area contributed by atoms with Crippen molar-refractivity contribution in [3.63, 3.8) is 0 Å². The van der Waals surface area contributed by atoms with E-state index in [0.717, 1.165) is 0 Å². The van der Waals surface area contributed by atoms with Gasteiger partial charge >= 0.3 is 5.97 Å². The van der Waals surface area contributed by atoms with Crippen LogP contribution in [0.15, 0.2) is 18.2 Å². The molecule has 0 heterocycles. The first-order valence-corrected chi connectivity index (χ1v) is 5.39. The van der Waals surface area contributed by atoms with E-state index in [4.69, 9.17) is 34.0 Å². The van der Waals surface area contributed by atoms with E-state index in [9.17, 15) is 9.59 Å². The van der Waals surface area contributed by atoms with Crippen LogP contribution in [0.4, 0.5) is 5.69 Å². The lowest BCUT2D eigenvalue weighted by atomic mass is 10.2. The summed E-state index contributed by atoms with van der Waals surface area (Å²) in [6.07, 6.45) is -0.447. The molecule has 0 fully saturated rings. The number of nitrogens with two attached hydrogens (primary N) is 1. The van der Waals surface area contributed by atoms with E-state index in [-0.39, 0.29) is 5.02 Å². The molecule has 1 atom stereocenters. The summed E-state index contributed by atoms with van der Waals surface area (Å²) in [6.45, 7) is 0. The average Bonchev–Trinajstić information content (AvgIpc) is 2.21. The molecule has 0 saturated carbocycles. The normalized spacial score (nSPS) is 11.9. The van der Waals surface area contributed by atoms with Crippen LogP contribution in [0.25, 0.3) is 0 Å². The summed E-state index contributed by atoms with van der Waals surface area (Å²) in [4.78, 5) is 21.9. The quantitative estimate of drug-likeness (QED) is 0.781. The molecule has 0 aromatic heterocycles. The maximum absolute atomic E-state index is 11.5. The molecule has 4 N–H and O–H groups in total. The van der Waals surface area contributed by atoms with Gasteiger partial charge in [0, 0.05) is 5.02 Å². The van der Waals surface area contributed by atoms with Crippen molar-refractivity contribution >= 4 is 40.8 Å². The van der Waals surface area contributed by atoms with E-state index in [1.54, 1.807) is 6.07 Å². The van der Waals surface area contributed by atoms with Gasteiger partial charge in [-0.25, -0.2) is 0 Å². The van der Waals surface area contributed by atoms with Crippen molar-refractivity contribution in [2.24, 2.45) is 5.73 Å². The molecule has 1 aromatic carbocycles. The van der Waals surface area contributed by atoms with Gasteiger partial charge in [0.2, 0.25) is 5.91 Å². The topological polar surface area (TPSA) is 92.4 Å². The Morgan fingerprint density at radius 3 is 2.59 bits per heavy atom. The third-order valence-corrected chi connectivity index (χ3v) is 2.47. The van der Waals surface area contributed by atoms with Crippen LogP contribution in [0.2, 0.25) is 10.0 Å². The lowest BCUT2D eigenvalue weighted by molar-refractivity contribution is -0.138. The van der Waals surface area contributed by atoms with Crippen LogP contribution in [0.1, 0.15) is 6.42 Å². The molecule has 0 radical (unpaired) electrons. The first-order chi connectivity index (χ1) is 7.90. The Morgan fingerprint density at radius 1 is 1.41 bits per heavy atom. The number of anilines is 1. The van der Waals surface area contributed by atoms with E-state index in [1.165, 1.54) is 12.1 Å². The standard InChI is InChI=1S/C10H10Cl2N2O3/c11-5-1-2-8(6(12)3-5)14-10(17)7(13)4-9(15)16/h1-3,7H,4,13H2,(H,14,17)(H,15,16). The zero-order valence-electron chi connectivity index (χ0n) is 8.61. The maximum atomic E-state index is 11.5. The van der Waals surface area contributed by atoms with Crippen LogP contribution in [0.5, 0.6) is 0 Å². The highest BCUT2D eigenvalue weighted by Crippen LogP contribution is 2.25. The van der Waals surface area contributed by atoms with E-state index in [0.29, 0.717) is 10.7 Å². The summed E-state index contributed by atoms with van der Waals surface area (Å²) in [5.74, 6) is -1.76. The summed E-state index contributed by atoms with van der Waals surface area (Å²) in [5, 5.41) is 11.6. The molecule has 1 unspecified atom stereocenters. The Balaban J connectivity index is 2.71. The van der Waals surface area contributed by atoms with Crippen molar-refractivity contribution in [2.45, 2.75) is 12.5 Å². The van der Waals surface area contributed by atoms with Gasteiger partial charge in [-0.05, 0) is 18.2 Å². The predicted octanol–water partition coefficient (Wildman–Crippen LogP) is 1.73. The monoisotopic (exact) mass is 276 g/mol. The van der Waals surface area contributed by atoms with Crippen molar-refractivity contribution in [2.75, 3.05) is 5.32 Å². The highest BCUT2D eigenvalue weighted by atomic mass is 35.5. The number of carboxylic acid groups (broad SMARTS) is 1. The minimum Gasteiger partial charge on any atom is -0.481 e. The highest BCUT2D eigenvalue weighted by molar-refractivity contribution is 6.36. The van der Waals surface area contributed by atoms with Gasteiger partial charge in [0.1, 0.15) is 0 Å². The summed E-state index contributed by atoms with van der Waals surface area (Å²) in [7, 11) is 0. The number of carbonyl (C=O) groups excluding carboxylic acids is 1. The number of hydrogen-bond donors (Lipinski definition) is 3. The zero-order chi connectivity index (χ0) is 13.0. The molecular formula is C10H10Cl2N2O3. The fraction of sp³-hybridized carbons (Fsp3) is 0.200. The second-order valence-corrected chi connectivity index (χ2v) is 4.16. The molecular weight excluding hydrogens is 267 g/mol. The van der Waals surface area contributed by atoms with Crippen LogP contribution in [-0.4, -0.2) is 23.0 Å². The van der Waals surface area contributed by atoms with E-state index < -0.39 is 24.3 Å². The SMILES string of the molecule is NC(CC(=O)O)C(=O)Nc1ccc(Cl)cc1Cl. The first kappa shape index (κ1) is 13.8. The van der Waals surface area contributed by atoms with Crippen molar-refractivity contribution in [3.8, 4) is 0 Å². The fourth-order valence-electron chi connectivity index (χ4n) is 1.10. The van der Waals surface area contributed by atoms with Crippen LogP contribution < -0.4 is 11.1 Å². The number of benzene rings is 1. The number of hydrogen-bond acceptors (Lipinski definition) is 3. The average molecular weight is 277 g/mol. The number of halogens is 2. The Labute approximate surface area is 108 Å². The molecule has 0 bridgehead atoms. The molecule has 7 heteroatoms. The third kappa shape index (κ3) is 4.22. The minimum absolute atomic E-state index is 0.258. The second-order valence-electron chi connectivity index (χ2n) is 3.32. The van der Waals surface area contributed by atoms with Gasteiger partial charge in [0.05, 0.1) is 23.2 Å². The molecule has 92 valence electrons. The van der Waals surface area contributed by atoms with Crippen molar-refractivity contribution < 1.29 is 14.7 Å². The Hall–Kier alpha value is -1.30. The molecule has 1 amide bonds. The fourth-order valence-corrected chi connectivity index (χ4v) is 1.55. The first-order valence-electron chi connectivity index (χ1n) is 4.63. The summed E-state index contributed by atoms with van der Waals surface area (Å²) < 4.78 is 0. The summed E-state index contributed by atoms with van der Waals surface area (Å²) in [6, 6.07) is 3.39. The van der Waals surface area contributed by atoms with Gasteiger partial charge in [-0.3, -0.25) is 9.59 Å². The minimum atomic E-state index is -1.14. The molecule has 0 aliphatic carbocycles. The third-order valence-electron chi connectivity index (χ3n) is 1.92. The van der Waals surface area contributed by atoms with Gasteiger partial charge in [-0.2, -0.15) is 0 Å². The van der Waals surface area contributed by atoms with E-state index >= 15 is 0 Å². The van der Waals surface area contributed by atoms with Crippen LogP contribution in [0.3, 0.4) is 0 Å². The highest BCUT2D eigenvalue weighted by Gasteiger charge is 2.17. The van der Waals surface area contributed by atoms with Gasteiger partial charge in [-0.15, -0.1) is 0 Å². The summed E-state index contributed by atoms with van der Waals surface area (Å²) >= 11 is 11.5. The van der Waals surface area contributed by atoms with Crippen molar-refractivity contribution in [3.05, 3.63) is 28.2 Å². The van der Waals surface area contributed by atoms with Crippen LogP contribution >= 0.6 is 23.2 Å². The number of nitrogens with one attached hydrogen (secondary N) is 1. The molecule has 5 nitrogen and oxygen atoms in total. The Bertz CT molecular complexity index is 451. The molecule has 17 heavy (non-hydrogen) atoms. The maximum Gasteiger partial charge on any atom is 0.305 e. The lowest BCUT2D eigenvalue weighted by Gasteiger charge is -2.11. The molecule has 0 saturated heterocycles. The van der Waals surface area contributed by atoms with E-state index in [2.05, 4.69) is 5.32 Å². The molecule has 0 aliphatic heterocycles.